The quantitative estimate of drug-likeness (QED) is 0.653. The van der Waals surface area contributed by atoms with E-state index in [-0.39, 0.29) is 11.1 Å². The van der Waals surface area contributed by atoms with Crippen molar-refractivity contribution < 1.29 is 22.0 Å². The van der Waals surface area contributed by atoms with Crippen molar-refractivity contribution >= 4 is 0 Å². The van der Waals surface area contributed by atoms with Gasteiger partial charge < -0.3 is 0 Å². The van der Waals surface area contributed by atoms with Gasteiger partial charge >= 0.3 is 6.18 Å². The summed E-state index contributed by atoms with van der Waals surface area (Å²) in [6, 6.07) is 7.34. The summed E-state index contributed by atoms with van der Waals surface area (Å²) in [5.74, 6) is -1.79. The molecular weight excluding hydrogens is 251 g/mol. The fourth-order valence-electron chi connectivity index (χ4n) is 1.59. The van der Waals surface area contributed by atoms with Crippen molar-refractivity contribution in [2.24, 2.45) is 0 Å². The summed E-state index contributed by atoms with van der Waals surface area (Å²) in [5, 5.41) is 0. The minimum atomic E-state index is -4.62. The van der Waals surface area contributed by atoms with E-state index < -0.39 is 23.4 Å². The molecular formula is C13H7F5. The Bertz CT molecular complexity index is 572. The van der Waals surface area contributed by atoms with Gasteiger partial charge in [-0.25, -0.2) is 8.78 Å². The second-order valence-corrected chi connectivity index (χ2v) is 3.67. The molecule has 94 valence electrons. The van der Waals surface area contributed by atoms with Gasteiger partial charge in [0.2, 0.25) is 0 Å². The van der Waals surface area contributed by atoms with Gasteiger partial charge in [0.05, 0.1) is 5.56 Å². The minimum Gasteiger partial charge on any atom is -0.206 e. The van der Waals surface area contributed by atoms with Crippen LogP contribution in [0, 0.1) is 11.6 Å². The number of hydrogen-bond donors (Lipinski definition) is 0. The van der Waals surface area contributed by atoms with Gasteiger partial charge in [0.15, 0.2) is 0 Å². The smallest absolute Gasteiger partial charge is 0.206 e. The van der Waals surface area contributed by atoms with E-state index in [0.29, 0.717) is 6.07 Å². The summed E-state index contributed by atoms with van der Waals surface area (Å²) < 4.78 is 64.0. The van der Waals surface area contributed by atoms with Crippen LogP contribution in [0.15, 0.2) is 42.5 Å². The van der Waals surface area contributed by atoms with Crippen LogP contribution in [0.25, 0.3) is 11.1 Å². The van der Waals surface area contributed by atoms with Crippen LogP contribution in [0.3, 0.4) is 0 Å². The first-order chi connectivity index (χ1) is 8.39. The molecule has 5 heteroatoms. The molecule has 0 saturated heterocycles. The van der Waals surface area contributed by atoms with Gasteiger partial charge in [-0.05, 0) is 18.2 Å². The van der Waals surface area contributed by atoms with Gasteiger partial charge in [-0.3, -0.25) is 0 Å². The molecule has 18 heavy (non-hydrogen) atoms. The fraction of sp³-hybridized carbons (Fsp3) is 0.0769. The monoisotopic (exact) mass is 258 g/mol. The van der Waals surface area contributed by atoms with Crippen LogP contribution in [0.4, 0.5) is 22.0 Å². The Balaban J connectivity index is 2.52. The maximum absolute atomic E-state index is 13.6. The van der Waals surface area contributed by atoms with E-state index in [4.69, 9.17) is 0 Å². The van der Waals surface area contributed by atoms with Crippen molar-refractivity contribution in [3.63, 3.8) is 0 Å². The van der Waals surface area contributed by atoms with Crippen LogP contribution in [-0.2, 0) is 6.18 Å². The van der Waals surface area contributed by atoms with Gasteiger partial charge in [0, 0.05) is 11.1 Å². The SMILES string of the molecule is Fc1ccccc1-c1ccc(C(F)(F)F)cc1F. The van der Waals surface area contributed by atoms with Crippen molar-refractivity contribution in [2.45, 2.75) is 6.18 Å². The molecule has 0 aromatic heterocycles. The number of halogens is 5. The van der Waals surface area contributed by atoms with Crippen molar-refractivity contribution in [3.05, 3.63) is 59.7 Å². The predicted octanol–water partition coefficient (Wildman–Crippen LogP) is 4.65. The lowest BCUT2D eigenvalue weighted by molar-refractivity contribution is -0.137. The molecule has 0 aliphatic rings. The zero-order valence-corrected chi connectivity index (χ0v) is 8.93. The Labute approximate surface area is 99.7 Å². The summed E-state index contributed by atoms with van der Waals surface area (Å²) in [4.78, 5) is 0. The Hall–Kier alpha value is -1.91. The Morgan fingerprint density at radius 1 is 0.722 bits per heavy atom. The van der Waals surface area contributed by atoms with E-state index in [1.165, 1.54) is 18.2 Å². The highest BCUT2D eigenvalue weighted by Crippen LogP contribution is 2.33. The molecule has 0 unspecified atom stereocenters. The van der Waals surface area contributed by atoms with E-state index in [1.54, 1.807) is 0 Å². The predicted molar refractivity (Wildman–Crippen MR) is 56.8 cm³/mol. The number of hydrogen-bond acceptors (Lipinski definition) is 0. The molecule has 0 bridgehead atoms. The average Bonchev–Trinajstić information content (AvgIpc) is 2.29. The number of alkyl halides is 3. The number of benzene rings is 2. The zero-order valence-electron chi connectivity index (χ0n) is 8.93. The third kappa shape index (κ3) is 2.34. The van der Waals surface area contributed by atoms with Crippen molar-refractivity contribution in [3.8, 4) is 11.1 Å². The summed E-state index contributed by atoms with van der Waals surface area (Å²) >= 11 is 0. The van der Waals surface area contributed by atoms with Gasteiger partial charge in [-0.15, -0.1) is 0 Å². The van der Waals surface area contributed by atoms with Crippen LogP contribution in [0.5, 0.6) is 0 Å². The molecule has 2 rings (SSSR count). The van der Waals surface area contributed by atoms with Crippen LogP contribution in [-0.4, -0.2) is 0 Å². The highest BCUT2D eigenvalue weighted by molar-refractivity contribution is 5.65. The van der Waals surface area contributed by atoms with Crippen LogP contribution in [0.2, 0.25) is 0 Å². The van der Waals surface area contributed by atoms with Crippen LogP contribution in [0.1, 0.15) is 5.56 Å². The first kappa shape index (κ1) is 12.5. The Morgan fingerprint density at radius 2 is 1.33 bits per heavy atom. The van der Waals surface area contributed by atoms with E-state index in [1.807, 2.05) is 0 Å². The maximum Gasteiger partial charge on any atom is 0.416 e. The van der Waals surface area contributed by atoms with Crippen molar-refractivity contribution in [2.75, 3.05) is 0 Å². The molecule has 0 amide bonds. The third-order valence-electron chi connectivity index (χ3n) is 2.46. The lowest BCUT2D eigenvalue weighted by Crippen LogP contribution is -2.05. The Kier molecular flexibility index (Phi) is 3.07. The van der Waals surface area contributed by atoms with Crippen molar-refractivity contribution in [1.82, 2.24) is 0 Å². The van der Waals surface area contributed by atoms with Gasteiger partial charge in [0.25, 0.3) is 0 Å². The third-order valence-corrected chi connectivity index (χ3v) is 2.46. The zero-order chi connectivity index (χ0) is 13.3. The molecule has 0 aliphatic heterocycles. The highest BCUT2D eigenvalue weighted by atomic mass is 19.4. The normalized spacial score (nSPS) is 11.6. The number of rotatable bonds is 1. The van der Waals surface area contributed by atoms with Crippen molar-refractivity contribution in [1.29, 1.82) is 0 Å². The maximum atomic E-state index is 13.6. The van der Waals surface area contributed by atoms with Gasteiger partial charge in [-0.2, -0.15) is 13.2 Å². The van der Waals surface area contributed by atoms with E-state index in [2.05, 4.69) is 0 Å². The first-order valence-electron chi connectivity index (χ1n) is 5.01. The van der Waals surface area contributed by atoms with Crippen LogP contribution >= 0.6 is 0 Å². The summed E-state index contributed by atoms with van der Waals surface area (Å²) in [6.07, 6.45) is -4.62. The summed E-state index contributed by atoms with van der Waals surface area (Å²) in [7, 11) is 0. The fourth-order valence-corrected chi connectivity index (χ4v) is 1.59. The lowest BCUT2D eigenvalue weighted by atomic mass is 10.0. The average molecular weight is 258 g/mol. The second kappa shape index (κ2) is 4.40. The van der Waals surface area contributed by atoms with E-state index in [9.17, 15) is 22.0 Å². The molecule has 0 radical (unpaired) electrons. The molecule has 0 nitrogen and oxygen atoms in total. The largest absolute Gasteiger partial charge is 0.416 e. The molecule has 0 fully saturated rings. The molecule has 0 aliphatic carbocycles. The first-order valence-corrected chi connectivity index (χ1v) is 5.01. The summed E-state index contributed by atoms with van der Waals surface area (Å²) in [5.41, 5.74) is -1.36. The molecule has 0 saturated carbocycles. The molecule has 0 N–H and O–H groups in total. The molecule has 0 heterocycles. The van der Waals surface area contributed by atoms with Gasteiger partial charge in [-0.1, -0.05) is 24.3 Å². The van der Waals surface area contributed by atoms with E-state index >= 15 is 0 Å². The molecule has 0 atom stereocenters. The molecule has 2 aromatic rings. The summed E-state index contributed by atoms with van der Waals surface area (Å²) in [6.45, 7) is 0. The molecule has 2 aromatic carbocycles. The second-order valence-electron chi connectivity index (χ2n) is 3.67. The molecule has 0 spiro atoms. The van der Waals surface area contributed by atoms with E-state index in [0.717, 1.165) is 18.2 Å². The Morgan fingerprint density at radius 3 is 1.89 bits per heavy atom. The minimum absolute atomic E-state index is 0.0660. The van der Waals surface area contributed by atoms with Crippen LogP contribution < -0.4 is 0 Å². The topological polar surface area (TPSA) is 0 Å². The standard InChI is InChI=1S/C13H7F5/c14-11-4-2-1-3-9(11)10-6-5-8(7-12(10)15)13(16,17)18/h1-7H. The highest BCUT2D eigenvalue weighted by Gasteiger charge is 2.31. The van der Waals surface area contributed by atoms with Gasteiger partial charge in [0.1, 0.15) is 11.6 Å². The lowest BCUT2D eigenvalue weighted by Gasteiger charge is -2.09.